The number of fused-ring (bicyclic) bond motifs is 8. The van der Waals surface area contributed by atoms with Gasteiger partial charge in [-0.15, -0.1) is 34.3 Å². The molecule has 474 valence electrons. The van der Waals surface area contributed by atoms with Crippen molar-refractivity contribution >= 4 is 86.8 Å². The normalized spacial score (nSPS) is 11.9. The standard InChI is InChI=1S/C44H30N4.C24BF20.ClH/c1-5-13-30(14-6-1)42-36-23-21-33(45-36)29-34-22-24-38(46-34)43(31-15-7-2-8-16-31)40-27-28-41(48(40)35-19-11-4-12-20-35)44(32-17-9-3-10-18-32)39-26-25-37(42)47-39;26-5-1(6(27)14(35)21(42)13(5)34)25(2-7(28)15(36)22(43)16(37)8(2)29,3-9(30)17(38)23(44)18(39)10(3)31)4-11(32)19(40)24(45)20(41)12(4)33;/h1-29H,(H,45,46,47);;1H/q;-1;/p+1. The Labute approximate surface area is 522 Å². The van der Waals surface area contributed by atoms with Gasteiger partial charge in [-0.1, -0.05) is 109 Å². The second-order valence-corrected chi connectivity index (χ2v) is 20.8. The van der Waals surface area contributed by atoms with Crippen molar-refractivity contribution < 1.29 is 92.4 Å². The minimum atomic E-state index is -7.22. The van der Waals surface area contributed by atoms with Gasteiger partial charge in [0.05, 0.1) is 33.5 Å². The molecule has 0 fully saturated rings. The van der Waals surface area contributed by atoms with Crippen LogP contribution in [0.5, 0.6) is 0 Å². The average Bonchev–Trinajstić information content (AvgIpc) is 1.11. The fraction of sp³-hybridized carbons (Fsp3) is 0. The Morgan fingerprint density at radius 2 is 0.574 bits per heavy atom. The first-order chi connectivity index (χ1) is 44.5. The third kappa shape index (κ3) is 10.3. The Morgan fingerprint density at radius 3 is 0.926 bits per heavy atom. The Bertz CT molecular complexity index is 4760. The number of hydrogen-bond acceptors (Lipinski definition) is 1. The molecule has 4 nitrogen and oxygen atoms in total. The molecule has 0 saturated heterocycles. The summed E-state index contributed by atoms with van der Waals surface area (Å²) in [6.45, 7) is 0. The first kappa shape index (κ1) is 64.8. The third-order valence-electron chi connectivity index (χ3n) is 15.7. The van der Waals surface area contributed by atoms with Crippen LogP contribution >= 0.6 is 12.4 Å². The van der Waals surface area contributed by atoms with E-state index in [0.717, 1.165) is 83.9 Å². The fourth-order valence-corrected chi connectivity index (χ4v) is 11.8. The largest absolute Gasteiger partial charge is 0.355 e. The highest BCUT2D eigenvalue weighted by Gasteiger charge is 2.52. The average molecular weight is 1330 g/mol. The summed E-state index contributed by atoms with van der Waals surface area (Å²) in [5.74, 6) is -71.4. The lowest BCUT2D eigenvalue weighted by atomic mass is 9.12. The number of H-pyrrole nitrogens is 2. The predicted octanol–water partition coefficient (Wildman–Crippen LogP) is 16.8. The molecule has 94 heavy (non-hydrogen) atoms. The number of aromatic nitrogens is 4. The maximum atomic E-state index is 15.4. The summed E-state index contributed by atoms with van der Waals surface area (Å²) in [6.07, 6.45) is 1.51. The van der Waals surface area contributed by atoms with Crippen molar-refractivity contribution in [3.05, 3.63) is 291 Å². The summed E-state index contributed by atoms with van der Waals surface area (Å²) >= 11 is 0. The highest BCUT2D eigenvalue weighted by molar-refractivity contribution is 7.20. The predicted molar refractivity (Wildman–Crippen MR) is 315 cm³/mol. The van der Waals surface area contributed by atoms with E-state index >= 15 is 35.1 Å². The van der Waals surface area contributed by atoms with Crippen molar-refractivity contribution in [3.63, 3.8) is 0 Å². The van der Waals surface area contributed by atoms with E-state index in [1.54, 1.807) is 0 Å². The molecule has 8 bridgehead atoms. The SMILES string of the molecule is C1=Cc2nc1cc1ccc([nH]1)c(-c1ccccc1)c1[n+](-c3ccccc3)c(c(-c3ccccc3)c3ccc([nH]3)c2-c2ccccc2)C=C1.Cl.Fc1c(F)c(F)c([B-](c2c(F)c(F)c(F)c(F)c2F)(c2c(F)c(F)c(F)c(F)c2F)c2c(F)c(F)c(F)c(F)c2F)c(F)c1F. The first-order valence-corrected chi connectivity index (χ1v) is 27.2. The molecule has 8 aromatic carbocycles. The molecule has 0 spiro atoms. The van der Waals surface area contributed by atoms with Crippen LogP contribution in [0, 0.1) is 116 Å². The van der Waals surface area contributed by atoms with E-state index < -0.39 is 144 Å². The molecule has 0 saturated carbocycles. The molecule has 11 aromatic rings. The van der Waals surface area contributed by atoms with Gasteiger partial charge < -0.3 is 9.97 Å². The molecule has 0 radical (unpaired) electrons. The summed E-state index contributed by atoms with van der Waals surface area (Å²) in [5, 5.41) is 0. The van der Waals surface area contributed by atoms with Crippen molar-refractivity contribution in [3.8, 4) is 39.1 Å². The maximum absolute atomic E-state index is 15.4. The van der Waals surface area contributed by atoms with Crippen LogP contribution in [0.25, 0.3) is 85.4 Å². The monoisotopic (exact) mass is 1330 g/mol. The molecule has 5 heterocycles. The zero-order chi connectivity index (χ0) is 66.2. The lowest BCUT2D eigenvalue weighted by molar-refractivity contribution is -0.595. The smallest absolute Gasteiger partial charge is 0.221 e. The van der Waals surface area contributed by atoms with Crippen LogP contribution in [0.15, 0.2) is 152 Å². The summed E-state index contributed by atoms with van der Waals surface area (Å²) in [5.41, 5.74) is 1.49. The molecular weight excluding hydrogens is 1300 g/mol. The van der Waals surface area contributed by atoms with Gasteiger partial charge in [0.25, 0.3) is 0 Å². The van der Waals surface area contributed by atoms with Crippen LogP contribution in [-0.2, 0) is 0 Å². The van der Waals surface area contributed by atoms with Crippen LogP contribution < -0.4 is 26.4 Å². The van der Waals surface area contributed by atoms with Gasteiger partial charge in [-0.25, -0.2) is 92.8 Å². The molecule has 0 amide bonds. The number of hydrogen-bond donors (Lipinski definition) is 2. The number of halogens is 21. The van der Waals surface area contributed by atoms with Gasteiger partial charge in [0, 0.05) is 40.9 Å². The second-order valence-electron chi connectivity index (χ2n) is 20.8. The molecule has 0 atom stereocenters. The maximum Gasteiger partial charge on any atom is 0.221 e. The van der Waals surface area contributed by atoms with E-state index in [9.17, 15) is 52.7 Å². The highest BCUT2D eigenvalue weighted by atomic mass is 35.5. The molecule has 13 rings (SSSR count). The second kappa shape index (κ2) is 25.1. The van der Waals surface area contributed by atoms with Gasteiger partial charge in [-0.2, -0.15) is 4.57 Å². The molecule has 2 N–H and O–H groups in total. The summed E-state index contributed by atoms with van der Waals surface area (Å²) < 4.78 is 296. The molecule has 26 heteroatoms. The minimum absolute atomic E-state index is 0. The molecule has 2 aliphatic rings. The molecule has 3 aromatic heterocycles. The van der Waals surface area contributed by atoms with Crippen LogP contribution in [0.3, 0.4) is 0 Å². The van der Waals surface area contributed by atoms with Gasteiger partial charge in [0.15, 0.2) is 69.8 Å². The van der Waals surface area contributed by atoms with Crippen LogP contribution in [-0.4, -0.2) is 21.1 Å². The van der Waals surface area contributed by atoms with Gasteiger partial charge in [0.2, 0.25) is 17.1 Å². The van der Waals surface area contributed by atoms with Crippen molar-refractivity contribution in [2.45, 2.75) is 0 Å². The van der Waals surface area contributed by atoms with E-state index in [0.29, 0.717) is 0 Å². The lowest BCUT2D eigenvalue weighted by Gasteiger charge is -2.44. The lowest BCUT2D eigenvalue weighted by Crippen LogP contribution is -2.81. The number of nitrogens with zero attached hydrogens (tertiary/aromatic N) is 2. The van der Waals surface area contributed by atoms with Crippen LogP contribution in [0.1, 0.15) is 22.8 Å². The molecule has 0 aliphatic carbocycles. The number of benzene rings is 8. The molecule has 2 aliphatic heterocycles. The zero-order valence-corrected chi connectivity index (χ0v) is 47.5. The van der Waals surface area contributed by atoms with Gasteiger partial charge >= 0.3 is 0 Å². The van der Waals surface area contributed by atoms with Crippen molar-refractivity contribution in [1.29, 1.82) is 0 Å². The molecule has 0 unspecified atom stereocenters. The van der Waals surface area contributed by atoms with Crippen molar-refractivity contribution in [2.75, 3.05) is 0 Å². The van der Waals surface area contributed by atoms with E-state index in [2.05, 4.69) is 190 Å². The van der Waals surface area contributed by atoms with E-state index in [1.807, 2.05) is 0 Å². The zero-order valence-electron chi connectivity index (χ0n) is 46.7. The first-order valence-electron chi connectivity index (χ1n) is 27.2. The van der Waals surface area contributed by atoms with Gasteiger partial charge in [-0.3, -0.25) is 0 Å². The number of rotatable bonds is 8. The summed E-state index contributed by atoms with van der Waals surface area (Å²) in [4.78, 5) is 12.7. The Balaban J connectivity index is 0.000000190. The topological polar surface area (TPSA) is 48.4 Å². The van der Waals surface area contributed by atoms with E-state index in [-0.39, 0.29) is 12.4 Å². The van der Waals surface area contributed by atoms with Crippen molar-refractivity contribution in [2.24, 2.45) is 0 Å². The Kier molecular flexibility index (Phi) is 17.3. The highest BCUT2D eigenvalue weighted by Crippen LogP contribution is 2.38. The van der Waals surface area contributed by atoms with E-state index in [4.69, 9.17) is 4.98 Å². The Hall–Kier alpha value is -10.7. The van der Waals surface area contributed by atoms with Crippen LogP contribution in [0.4, 0.5) is 87.8 Å². The fourth-order valence-electron chi connectivity index (χ4n) is 11.8. The van der Waals surface area contributed by atoms with Gasteiger partial charge in [0.1, 0.15) is 52.7 Å². The third-order valence-corrected chi connectivity index (χ3v) is 15.7. The minimum Gasteiger partial charge on any atom is -0.355 e. The summed E-state index contributed by atoms with van der Waals surface area (Å²) in [6, 6.07) is 53.3. The quantitative estimate of drug-likeness (QED) is 0.0514. The van der Waals surface area contributed by atoms with Crippen molar-refractivity contribution in [1.82, 2.24) is 15.0 Å². The Morgan fingerprint density at radius 1 is 0.287 bits per heavy atom. The molecular formula is C68H32BClF20N4. The van der Waals surface area contributed by atoms with Crippen LogP contribution in [0.2, 0.25) is 0 Å². The number of aromatic amines is 2. The number of nitrogens with one attached hydrogen (secondary N) is 2. The summed E-state index contributed by atoms with van der Waals surface area (Å²) in [7, 11) is 0. The van der Waals surface area contributed by atoms with Gasteiger partial charge in [-0.05, 0) is 59.2 Å². The van der Waals surface area contributed by atoms with E-state index in [1.165, 1.54) is 0 Å². The number of para-hydroxylation sites is 1.